The molecule has 0 spiro atoms. The Balaban J connectivity index is 3.16. The van der Waals surface area contributed by atoms with Gasteiger partial charge >= 0.3 is 6.18 Å². The van der Waals surface area contributed by atoms with Crippen molar-refractivity contribution in [3.63, 3.8) is 0 Å². The number of benzene rings is 1. The normalized spacial score (nSPS) is 12.3. The number of methoxy groups -OCH3 is 1. The number of sulfonamides is 1. The number of amides is 1. The van der Waals surface area contributed by atoms with Crippen molar-refractivity contribution in [2.45, 2.75) is 17.5 Å². The van der Waals surface area contributed by atoms with Crippen molar-refractivity contribution in [3.8, 4) is 5.75 Å². The van der Waals surface area contributed by atoms with Gasteiger partial charge < -0.3 is 9.64 Å². The van der Waals surface area contributed by atoms with E-state index in [0.29, 0.717) is 0 Å². The molecule has 1 rings (SSSR count). The lowest BCUT2D eigenvalue weighted by atomic mass is 10.2. The van der Waals surface area contributed by atoms with Crippen LogP contribution in [0.1, 0.15) is 16.8 Å². The summed E-state index contributed by atoms with van der Waals surface area (Å²) in [5, 5.41) is 0. The molecule has 1 aromatic carbocycles. The second kappa shape index (κ2) is 7.39. The third-order valence-corrected chi connectivity index (χ3v) is 5.08. The first-order valence-corrected chi connectivity index (χ1v) is 8.27. The number of ether oxygens (including phenoxy) is 1. The van der Waals surface area contributed by atoms with E-state index in [1.54, 1.807) is 0 Å². The Kier molecular flexibility index (Phi) is 6.23. The van der Waals surface area contributed by atoms with Crippen LogP contribution < -0.4 is 4.74 Å². The first-order valence-electron chi connectivity index (χ1n) is 6.83. The van der Waals surface area contributed by atoms with Crippen LogP contribution in [-0.4, -0.2) is 64.5 Å². The van der Waals surface area contributed by atoms with Crippen LogP contribution in [-0.2, 0) is 10.0 Å². The van der Waals surface area contributed by atoms with Gasteiger partial charge in [-0.3, -0.25) is 4.79 Å². The van der Waals surface area contributed by atoms with Gasteiger partial charge in [0.1, 0.15) is 10.6 Å². The Bertz CT molecular complexity index is 702. The van der Waals surface area contributed by atoms with E-state index in [1.165, 1.54) is 40.4 Å². The van der Waals surface area contributed by atoms with Crippen molar-refractivity contribution in [2.75, 3.05) is 34.8 Å². The highest BCUT2D eigenvalue weighted by molar-refractivity contribution is 7.89. The van der Waals surface area contributed by atoms with Crippen LogP contribution in [0.15, 0.2) is 23.1 Å². The average molecular weight is 368 g/mol. The second-order valence-corrected chi connectivity index (χ2v) is 7.37. The number of alkyl halides is 3. The molecule has 24 heavy (non-hydrogen) atoms. The van der Waals surface area contributed by atoms with Gasteiger partial charge in [-0.15, -0.1) is 0 Å². The maximum Gasteiger partial charge on any atom is 0.390 e. The van der Waals surface area contributed by atoms with E-state index in [0.717, 1.165) is 15.3 Å². The fourth-order valence-corrected chi connectivity index (χ4v) is 2.90. The number of nitrogens with zero attached hydrogens (tertiary/aromatic N) is 2. The topological polar surface area (TPSA) is 66.9 Å². The summed E-state index contributed by atoms with van der Waals surface area (Å²) in [4.78, 5) is 12.9. The molecule has 0 saturated heterocycles. The SMILES string of the molecule is COc1ccc(C(=O)N(C)CCC(F)(F)F)cc1S(=O)(=O)N(C)C. The van der Waals surface area contributed by atoms with Gasteiger partial charge in [-0.25, -0.2) is 12.7 Å². The minimum absolute atomic E-state index is 0.0400. The van der Waals surface area contributed by atoms with Gasteiger partial charge in [-0.1, -0.05) is 0 Å². The van der Waals surface area contributed by atoms with E-state index < -0.39 is 35.1 Å². The van der Waals surface area contributed by atoms with Gasteiger partial charge in [0.15, 0.2) is 0 Å². The van der Waals surface area contributed by atoms with E-state index >= 15 is 0 Å². The molecule has 0 unspecified atom stereocenters. The Morgan fingerprint density at radius 1 is 1.21 bits per heavy atom. The molecule has 0 aliphatic heterocycles. The van der Waals surface area contributed by atoms with E-state index in [-0.39, 0.29) is 16.2 Å². The minimum Gasteiger partial charge on any atom is -0.495 e. The van der Waals surface area contributed by atoms with Crippen LogP contribution in [0.3, 0.4) is 0 Å². The van der Waals surface area contributed by atoms with Crippen molar-refractivity contribution < 1.29 is 31.1 Å². The summed E-state index contributed by atoms with van der Waals surface area (Å²) < 4.78 is 67.3. The zero-order valence-electron chi connectivity index (χ0n) is 13.7. The molecule has 10 heteroatoms. The highest BCUT2D eigenvalue weighted by Crippen LogP contribution is 2.27. The Labute approximate surface area is 138 Å². The zero-order valence-corrected chi connectivity index (χ0v) is 14.5. The summed E-state index contributed by atoms with van der Waals surface area (Å²) in [5.41, 5.74) is -0.0408. The fourth-order valence-electron chi connectivity index (χ4n) is 1.82. The quantitative estimate of drug-likeness (QED) is 0.770. The molecule has 0 radical (unpaired) electrons. The summed E-state index contributed by atoms with van der Waals surface area (Å²) in [6.45, 7) is -0.524. The number of hydrogen-bond donors (Lipinski definition) is 0. The molecule has 0 aliphatic carbocycles. The third kappa shape index (κ3) is 4.84. The van der Waals surface area contributed by atoms with Crippen molar-refractivity contribution in [1.82, 2.24) is 9.21 Å². The Morgan fingerprint density at radius 2 is 1.79 bits per heavy atom. The van der Waals surface area contributed by atoms with Crippen molar-refractivity contribution in [1.29, 1.82) is 0 Å². The molecule has 6 nitrogen and oxygen atoms in total. The first kappa shape index (κ1) is 20.2. The van der Waals surface area contributed by atoms with E-state index in [9.17, 15) is 26.4 Å². The summed E-state index contributed by atoms with van der Waals surface area (Å²) in [7, 11) is 1.26. The zero-order chi connectivity index (χ0) is 18.7. The summed E-state index contributed by atoms with van der Waals surface area (Å²) >= 11 is 0. The predicted molar refractivity (Wildman–Crippen MR) is 81.5 cm³/mol. The molecule has 136 valence electrons. The second-order valence-electron chi connectivity index (χ2n) is 5.24. The number of carbonyl (C=O) groups excluding carboxylic acids is 1. The highest BCUT2D eigenvalue weighted by Gasteiger charge is 2.29. The maximum atomic E-state index is 12.3. The molecule has 0 atom stereocenters. The molecule has 1 amide bonds. The molecular weight excluding hydrogens is 349 g/mol. The van der Waals surface area contributed by atoms with Gasteiger partial charge in [-0.2, -0.15) is 13.2 Å². The van der Waals surface area contributed by atoms with Gasteiger partial charge in [0.2, 0.25) is 10.0 Å². The smallest absolute Gasteiger partial charge is 0.390 e. The van der Waals surface area contributed by atoms with Crippen LogP contribution >= 0.6 is 0 Å². The summed E-state index contributed by atoms with van der Waals surface area (Å²) in [5.74, 6) is -0.671. The van der Waals surface area contributed by atoms with Gasteiger partial charge in [0.25, 0.3) is 5.91 Å². The monoisotopic (exact) mass is 368 g/mol. The van der Waals surface area contributed by atoms with Crippen molar-refractivity contribution >= 4 is 15.9 Å². The number of halogens is 3. The summed E-state index contributed by atoms with van der Waals surface area (Å²) in [6, 6.07) is 3.70. The maximum absolute atomic E-state index is 12.3. The molecule has 0 fully saturated rings. The third-order valence-electron chi connectivity index (χ3n) is 3.25. The number of carbonyl (C=O) groups is 1. The molecule has 0 N–H and O–H groups in total. The standard InChI is InChI=1S/C14H19F3N2O4S/c1-18(2)24(21,22)12-9-10(5-6-11(12)23-4)13(20)19(3)8-7-14(15,16)17/h5-6,9H,7-8H2,1-4H3. The van der Waals surface area contributed by atoms with Crippen LogP contribution in [0.4, 0.5) is 13.2 Å². The Morgan fingerprint density at radius 3 is 2.25 bits per heavy atom. The lowest BCUT2D eigenvalue weighted by Crippen LogP contribution is -2.31. The minimum atomic E-state index is -4.38. The fraction of sp³-hybridized carbons (Fsp3) is 0.500. The number of hydrogen-bond acceptors (Lipinski definition) is 4. The van der Waals surface area contributed by atoms with Crippen molar-refractivity contribution in [3.05, 3.63) is 23.8 Å². The highest BCUT2D eigenvalue weighted by atomic mass is 32.2. The van der Waals surface area contributed by atoms with Crippen LogP contribution in [0.25, 0.3) is 0 Å². The molecule has 0 aliphatic rings. The lowest BCUT2D eigenvalue weighted by Gasteiger charge is -2.20. The van der Waals surface area contributed by atoms with Gasteiger partial charge in [-0.05, 0) is 18.2 Å². The van der Waals surface area contributed by atoms with Gasteiger partial charge in [0, 0.05) is 33.3 Å². The molecule has 0 aromatic heterocycles. The largest absolute Gasteiger partial charge is 0.495 e. The van der Waals surface area contributed by atoms with Crippen LogP contribution in [0, 0.1) is 0 Å². The molecule has 0 saturated carbocycles. The molecular formula is C14H19F3N2O4S. The molecule has 1 aromatic rings. The first-order chi connectivity index (χ1) is 10.9. The lowest BCUT2D eigenvalue weighted by molar-refractivity contribution is -0.136. The van der Waals surface area contributed by atoms with Crippen LogP contribution in [0.5, 0.6) is 5.75 Å². The molecule has 0 bridgehead atoms. The van der Waals surface area contributed by atoms with E-state index in [1.807, 2.05) is 0 Å². The van der Waals surface area contributed by atoms with E-state index in [2.05, 4.69) is 0 Å². The Hall–Kier alpha value is -1.81. The predicted octanol–water partition coefficient (Wildman–Crippen LogP) is 1.97. The van der Waals surface area contributed by atoms with Crippen molar-refractivity contribution in [2.24, 2.45) is 0 Å². The number of rotatable bonds is 6. The van der Waals surface area contributed by atoms with E-state index in [4.69, 9.17) is 4.74 Å². The van der Waals surface area contributed by atoms with Gasteiger partial charge in [0.05, 0.1) is 13.5 Å². The summed E-state index contributed by atoms with van der Waals surface area (Å²) in [6.07, 6.45) is -5.53. The molecule has 0 heterocycles. The van der Waals surface area contributed by atoms with Crippen LogP contribution in [0.2, 0.25) is 0 Å². The average Bonchev–Trinajstić information content (AvgIpc) is 2.50.